The summed E-state index contributed by atoms with van der Waals surface area (Å²) in [5.74, 6) is 0.124. The van der Waals surface area contributed by atoms with Crippen molar-refractivity contribution in [2.75, 3.05) is 19.6 Å². The van der Waals surface area contributed by atoms with Crippen molar-refractivity contribution in [2.45, 2.75) is 38.6 Å². The molecule has 1 N–H and O–H groups in total. The van der Waals surface area contributed by atoms with Gasteiger partial charge in [-0.05, 0) is 50.0 Å². The van der Waals surface area contributed by atoms with Crippen molar-refractivity contribution in [1.29, 1.82) is 0 Å². The maximum absolute atomic E-state index is 12.7. The third kappa shape index (κ3) is 5.02. The molecule has 0 saturated carbocycles. The van der Waals surface area contributed by atoms with Crippen LogP contribution in [0.5, 0.6) is 0 Å². The molecule has 1 amide bonds. The molecule has 0 atom stereocenters. The molecule has 0 bridgehead atoms. The van der Waals surface area contributed by atoms with E-state index in [9.17, 15) is 4.79 Å². The summed E-state index contributed by atoms with van der Waals surface area (Å²) in [5, 5.41) is 4.47. The summed E-state index contributed by atoms with van der Waals surface area (Å²) in [6.45, 7) is 4.85. The van der Waals surface area contributed by atoms with Gasteiger partial charge in [0.1, 0.15) is 0 Å². The molecule has 3 nitrogen and oxygen atoms in total. The molecular formula is C16H23Cl3N2O. The lowest BCUT2D eigenvalue weighted by Crippen LogP contribution is -2.47. The van der Waals surface area contributed by atoms with Crippen LogP contribution in [0.25, 0.3) is 0 Å². The summed E-state index contributed by atoms with van der Waals surface area (Å²) in [6, 6.07) is 5.70. The molecule has 2 rings (SSSR count). The largest absolute Gasteiger partial charge is 0.339 e. The van der Waals surface area contributed by atoms with E-state index in [1.165, 1.54) is 0 Å². The van der Waals surface area contributed by atoms with Gasteiger partial charge in [-0.1, -0.05) is 36.2 Å². The molecule has 1 aromatic carbocycles. The summed E-state index contributed by atoms with van der Waals surface area (Å²) < 4.78 is 0. The van der Waals surface area contributed by atoms with Gasteiger partial charge in [0, 0.05) is 22.6 Å². The quantitative estimate of drug-likeness (QED) is 0.857. The lowest BCUT2D eigenvalue weighted by Gasteiger charge is -2.34. The molecule has 1 aliphatic rings. The fraction of sp³-hybridized carbons (Fsp3) is 0.562. The Hall–Kier alpha value is -0.480. The first-order valence-electron chi connectivity index (χ1n) is 7.56. The van der Waals surface area contributed by atoms with E-state index in [0.29, 0.717) is 16.1 Å². The molecule has 0 aromatic heterocycles. The summed E-state index contributed by atoms with van der Waals surface area (Å²) in [6.07, 6.45) is 3.28. The van der Waals surface area contributed by atoms with Crippen LogP contribution in [0.2, 0.25) is 10.0 Å². The minimum atomic E-state index is 0. The van der Waals surface area contributed by atoms with Crippen molar-refractivity contribution in [2.24, 2.45) is 0 Å². The number of nitrogens with one attached hydrogen (secondary N) is 1. The molecule has 1 fully saturated rings. The van der Waals surface area contributed by atoms with Gasteiger partial charge in [-0.25, -0.2) is 0 Å². The van der Waals surface area contributed by atoms with Gasteiger partial charge in [0.15, 0.2) is 0 Å². The van der Waals surface area contributed by atoms with Crippen molar-refractivity contribution >= 4 is 41.5 Å². The molecule has 0 radical (unpaired) electrons. The van der Waals surface area contributed by atoms with Crippen LogP contribution < -0.4 is 5.32 Å². The number of rotatable bonds is 5. The van der Waals surface area contributed by atoms with Gasteiger partial charge in [0.05, 0.1) is 6.42 Å². The second kappa shape index (κ2) is 9.61. The molecule has 1 heterocycles. The number of carbonyl (C=O) groups excluding carboxylic acids is 1. The standard InChI is InChI=1S/C16H22Cl2N2O.ClH/c1-2-10-20(12-6-8-19-9-7-12)16(21)11-13-14(17)4-3-5-15(13)18;/h3-5,12,19H,2,6-11H2,1H3;1H. The predicted octanol–water partition coefficient (Wildman–Crippen LogP) is 3.95. The van der Waals surface area contributed by atoms with Gasteiger partial charge < -0.3 is 10.2 Å². The molecule has 6 heteroatoms. The maximum Gasteiger partial charge on any atom is 0.227 e. The van der Waals surface area contributed by atoms with Crippen molar-refractivity contribution in [1.82, 2.24) is 10.2 Å². The Morgan fingerprint density at radius 3 is 2.41 bits per heavy atom. The molecule has 124 valence electrons. The van der Waals surface area contributed by atoms with E-state index >= 15 is 0 Å². The zero-order chi connectivity index (χ0) is 15.2. The van der Waals surface area contributed by atoms with Gasteiger partial charge in [0.2, 0.25) is 5.91 Å². The molecule has 1 saturated heterocycles. The Labute approximate surface area is 148 Å². The molecule has 0 unspecified atom stereocenters. The van der Waals surface area contributed by atoms with Gasteiger partial charge in [-0.15, -0.1) is 12.4 Å². The van der Waals surface area contributed by atoms with Gasteiger partial charge in [0.25, 0.3) is 0 Å². The minimum absolute atomic E-state index is 0. The summed E-state index contributed by atoms with van der Waals surface area (Å²) >= 11 is 12.4. The average molecular weight is 366 g/mol. The number of hydrogen-bond donors (Lipinski definition) is 1. The zero-order valence-electron chi connectivity index (χ0n) is 12.8. The Morgan fingerprint density at radius 2 is 1.86 bits per heavy atom. The van der Waals surface area contributed by atoms with E-state index in [0.717, 1.165) is 44.5 Å². The Morgan fingerprint density at radius 1 is 1.27 bits per heavy atom. The summed E-state index contributed by atoms with van der Waals surface area (Å²) in [4.78, 5) is 14.7. The highest BCUT2D eigenvalue weighted by atomic mass is 35.5. The number of halogens is 3. The zero-order valence-corrected chi connectivity index (χ0v) is 15.1. The van der Waals surface area contributed by atoms with Crippen molar-refractivity contribution < 1.29 is 4.79 Å². The SMILES string of the molecule is CCCN(C(=O)Cc1c(Cl)cccc1Cl)C1CCNCC1.Cl. The van der Waals surface area contributed by atoms with Crippen LogP contribution in [0.1, 0.15) is 31.7 Å². The van der Waals surface area contributed by atoms with Crippen LogP contribution in [0.3, 0.4) is 0 Å². The number of amides is 1. The maximum atomic E-state index is 12.7. The minimum Gasteiger partial charge on any atom is -0.339 e. The smallest absolute Gasteiger partial charge is 0.227 e. The van der Waals surface area contributed by atoms with Crippen LogP contribution >= 0.6 is 35.6 Å². The van der Waals surface area contributed by atoms with E-state index in [1.807, 2.05) is 4.90 Å². The number of nitrogens with zero attached hydrogens (tertiary/aromatic N) is 1. The van der Waals surface area contributed by atoms with Crippen molar-refractivity contribution in [3.8, 4) is 0 Å². The van der Waals surface area contributed by atoms with Crippen LogP contribution in [0.15, 0.2) is 18.2 Å². The normalized spacial score (nSPS) is 15.2. The highest BCUT2D eigenvalue weighted by Crippen LogP contribution is 2.26. The lowest BCUT2D eigenvalue weighted by molar-refractivity contribution is -0.133. The molecular weight excluding hydrogens is 343 g/mol. The van der Waals surface area contributed by atoms with Gasteiger partial charge >= 0.3 is 0 Å². The molecule has 22 heavy (non-hydrogen) atoms. The van der Waals surface area contributed by atoms with Crippen LogP contribution in [0, 0.1) is 0 Å². The topological polar surface area (TPSA) is 32.3 Å². The average Bonchev–Trinajstić information content (AvgIpc) is 2.49. The Balaban J connectivity index is 0.00000242. The van der Waals surface area contributed by atoms with Crippen LogP contribution in [0.4, 0.5) is 0 Å². The molecule has 1 aromatic rings. The first-order chi connectivity index (χ1) is 10.1. The van der Waals surface area contributed by atoms with E-state index in [4.69, 9.17) is 23.2 Å². The Kier molecular flexibility index (Phi) is 8.55. The predicted molar refractivity (Wildman–Crippen MR) is 95.3 cm³/mol. The van der Waals surface area contributed by atoms with E-state index < -0.39 is 0 Å². The van der Waals surface area contributed by atoms with Gasteiger partial charge in [-0.2, -0.15) is 0 Å². The third-order valence-electron chi connectivity index (χ3n) is 3.92. The Bertz CT molecular complexity index is 470. The third-order valence-corrected chi connectivity index (χ3v) is 4.63. The first kappa shape index (κ1) is 19.6. The second-order valence-corrected chi connectivity index (χ2v) is 6.26. The van der Waals surface area contributed by atoms with E-state index in [1.54, 1.807) is 18.2 Å². The van der Waals surface area contributed by atoms with E-state index in [2.05, 4.69) is 12.2 Å². The molecule has 1 aliphatic heterocycles. The summed E-state index contributed by atoms with van der Waals surface area (Å²) in [5.41, 5.74) is 0.737. The highest BCUT2D eigenvalue weighted by Gasteiger charge is 2.25. The van der Waals surface area contributed by atoms with Crippen molar-refractivity contribution in [3.05, 3.63) is 33.8 Å². The first-order valence-corrected chi connectivity index (χ1v) is 8.32. The van der Waals surface area contributed by atoms with Crippen molar-refractivity contribution in [3.63, 3.8) is 0 Å². The summed E-state index contributed by atoms with van der Waals surface area (Å²) in [7, 11) is 0. The number of piperidine rings is 1. The monoisotopic (exact) mass is 364 g/mol. The van der Waals surface area contributed by atoms with Crippen LogP contribution in [-0.2, 0) is 11.2 Å². The van der Waals surface area contributed by atoms with E-state index in [-0.39, 0.29) is 24.7 Å². The second-order valence-electron chi connectivity index (χ2n) is 5.45. The fourth-order valence-corrected chi connectivity index (χ4v) is 3.36. The van der Waals surface area contributed by atoms with Gasteiger partial charge in [-0.3, -0.25) is 4.79 Å². The van der Waals surface area contributed by atoms with Crippen LogP contribution in [-0.4, -0.2) is 36.5 Å². The fourth-order valence-electron chi connectivity index (χ4n) is 2.82. The molecule has 0 aliphatic carbocycles. The number of carbonyl (C=O) groups is 1. The number of benzene rings is 1. The number of hydrogen-bond acceptors (Lipinski definition) is 2. The lowest BCUT2D eigenvalue weighted by atomic mass is 10.0. The molecule has 0 spiro atoms. The highest BCUT2D eigenvalue weighted by molar-refractivity contribution is 6.36.